The molecule has 0 saturated heterocycles. The lowest BCUT2D eigenvalue weighted by molar-refractivity contribution is -0.152. The maximum Gasteiger partial charge on any atom is 0.309 e. The number of aliphatic hydroxyl groups is 2. The number of carbonyl (C=O) groups is 1. The van der Waals surface area contributed by atoms with Gasteiger partial charge in [-0.1, -0.05) is 19.1 Å². The molecule has 0 aromatic heterocycles. The zero-order chi connectivity index (χ0) is 12.3. The molecule has 0 heterocycles. The van der Waals surface area contributed by atoms with Crippen LogP contribution < -0.4 is 0 Å². The number of carbonyl (C=O) groups excluding carboxylic acids is 1. The minimum Gasteiger partial charge on any atom is -0.469 e. The average molecular weight is 228 g/mol. The molecule has 16 heavy (non-hydrogen) atoms. The molecule has 0 saturated carbocycles. The van der Waals surface area contributed by atoms with E-state index in [2.05, 4.69) is 0 Å². The van der Waals surface area contributed by atoms with Crippen molar-refractivity contribution in [2.75, 3.05) is 13.7 Å². The van der Waals surface area contributed by atoms with Gasteiger partial charge in [-0.25, -0.2) is 0 Å². The van der Waals surface area contributed by atoms with Crippen molar-refractivity contribution in [2.24, 2.45) is 23.7 Å². The lowest BCUT2D eigenvalue weighted by Crippen LogP contribution is -2.43. The standard InChI is InChI=1S/C12H20O4/c1-7-4-5-9(6-13)11(8(2)14)10(7)12(15)16-3/h4-5,7-11,13-14H,6H2,1-3H3/t7-,8+,9-,10+,11+/m1/s1. The van der Waals surface area contributed by atoms with Gasteiger partial charge in [0, 0.05) is 18.4 Å². The van der Waals surface area contributed by atoms with Gasteiger partial charge in [-0.05, 0) is 12.8 Å². The highest BCUT2D eigenvalue weighted by Gasteiger charge is 2.41. The van der Waals surface area contributed by atoms with E-state index in [0.717, 1.165) is 0 Å². The minimum atomic E-state index is -0.645. The quantitative estimate of drug-likeness (QED) is 0.548. The molecule has 4 heteroatoms. The summed E-state index contributed by atoms with van der Waals surface area (Å²) in [4.78, 5) is 11.7. The Morgan fingerprint density at radius 3 is 2.56 bits per heavy atom. The number of allylic oxidation sites excluding steroid dienone is 1. The molecule has 0 radical (unpaired) electrons. The number of aliphatic hydroxyl groups excluding tert-OH is 2. The van der Waals surface area contributed by atoms with Gasteiger partial charge >= 0.3 is 5.97 Å². The van der Waals surface area contributed by atoms with E-state index < -0.39 is 6.10 Å². The first-order valence-corrected chi connectivity index (χ1v) is 5.58. The number of hydrogen-bond acceptors (Lipinski definition) is 4. The zero-order valence-corrected chi connectivity index (χ0v) is 9.96. The highest BCUT2D eigenvalue weighted by atomic mass is 16.5. The third-order valence-corrected chi connectivity index (χ3v) is 3.38. The molecule has 92 valence electrons. The van der Waals surface area contributed by atoms with Crippen LogP contribution in [0.15, 0.2) is 12.2 Å². The molecule has 0 unspecified atom stereocenters. The summed E-state index contributed by atoms with van der Waals surface area (Å²) in [6.45, 7) is 3.50. The summed E-state index contributed by atoms with van der Waals surface area (Å²) >= 11 is 0. The van der Waals surface area contributed by atoms with Crippen molar-refractivity contribution >= 4 is 5.97 Å². The second-order valence-corrected chi connectivity index (χ2v) is 4.46. The van der Waals surface area contributed by atoms with E-state index in [4.69, 9.17) is 4.74 Å². The Morgan fingerprint density at radius 1 is 1.50 bits per heavy atom. The summed E-state index contributed by atoms with van der Waals surface area (Å²) in [5.74, 6) is -1.14. The Balaban J connectivity index is 3.00. The van der Waals surface area contributed by atoms with Crippen LogP contribution in [0.5, 0.6) is 0 Å². The van der Waals surface area contributed by atoms with E-state index in [1.54, 1.807) is 6.92 Å². The van der Waals surface area contributed by atoms with Gasteiger partial charge in [-0.2, -0.15) is 0 Å². The fourth-order valence-electron chi connectivity index (χ4n) is 2.53. The molecular formula is C12H20O4. The van der Waals surface area contributed by atoms with Crippen molar-refractivity contribution in [3.8, 4) is 0 Å². The number of methoxy groups -OCH3 is 1. The predicted octanol–water partition coefficient (Wildman–Crippen LogP) is 0.587. The molecule has 0 aromatic rings. The van der Waals surface area contributed by atoms with Crippen LogP contribution in [-0.2, 0) is 9.53 Å². The van der Waals surface area contributed by atoms with Crippen molar-refractivity contribution in [2.45, 2.75) is 20.0 Å². The maximum atomic E-state index is 11.7. The summed E-state index contributed by atoms with van der Waals surface area (Å²) < 4.78 is 4.77. The third-order valence-electron chi connectivity index (χ3n) is 3.38. The summed E-state index contributed by atoms with van der Waals surface area (Å²) in [5.41, 5.74) is 0. The number of hydrogen-bond donors (Lipinski definition) is 2. The third kappa shape index (κ3) is 2.44. The molecule has 4 nitrogen and oxygen atoms in total. The van der Waals surface area contributed by atoms with Crippen molar-refractivity contribution in [3.05, 3.63) is 12.2 Å². The van der Waals surface area contributed by atoms with Crippen molar-refractivity contribution in [1.29, 1.82) is 0 Å². The SMILES string of the molecule is COC(=O)[C@@H]1[C@@H]([C@H](C)O)[C@@H](CO)C=C[C@H]1C. The molecule has 5 atom stereocenters. The van der Waals surface area contributed by atoms with Crippen LogP contribution in [0.3, 0.4) is 0 Å². The highest BCUT2D eigenvalue weighted by molar-refractivity contribution is 5.73. The number of rotatable bonds is 3. The first-order valence-electron chi connectivity index (χ1n) is 5.58. The second kappa shape index (κ2) is 5.46. The van der Waals surface area contributed by atoms with Crippen LogP contribution in [0.1, 0.15) is 13.8 Å². The average Bonchev–Trinajstić information content (AvgIpc) is 2.27. The van der Waals surface area contributed by atoms with E-state index in [1.165, 1.54) is 7.11 Å². The van der Waals surface area contributed by atoms with E-state index in [9.17, 15) is 15.0 Å². The van der Waals surface area contributed by atoms with Crippen molar-refractivity contribution in [1.82, 2.24) is 0 Å². The molecule has 0 spiro atoms. The molecule has 0 aromatic carbocycles. The number of esters is 1. The van der Waals surface area contributed by atoms with Crippen LogP contribution >= 0.6 is 0 Å². The van der Waals surface area contributed by atoms with Crippen LogP contribution in [0.4, 0.5) is 0 Å². The van der Waals surface area contributed by atoms with Gasteiger partial charge in [0.05, 0.1) is 19.1 Å². The lowest BCUT2D eigenvalue weighted by atomic mass is 9.69. The molecule has 1 aliphatic carbocycles. The van der Waals surface area contributed by atoms with Gasteiger partial charge < -0.3 is 14.9 Å². The molecule has 2 N–H and O–H groups in total. The largest absolute Gasteiger partial charge is 0.469 e. The van der Waals surface area contributed by atoms with E-state index >= 15 is 0 Å². The Bertz CT molecular complexity index is 272. The van der Waals surface area contributed by atoms with E-state index in [-0.39, 0.29) is 36.2 Å². The first kappa shape index (κ1) is 13.2. The van der Waals surface area contributed by atoms with Gasteiger partial charge in [-0.3, -0.25) is 4.79 Å². The van der Waals surface area contributed by atoms with Gasteiger partial charge in [0.25, 0.3) is 0 Å². The van der Waals surface area contributed by atoms with Crippen molar-refractivity contribution < 1.29 is 19.7 Å². The fourth-order valence-corrected chi connectivity index (χ4v) is 2.53. The topological polar surface area (TPSA) is 66.8 Å². The summed E-state index contributed by atoms with van der Waals surface area (Å²) in [6.07, 6.45) is 3.14. The molecule has 0 fully saturated rings. The normalized spacial score (nSPS) is 35.8. The summed E-state index contributed by atoms with van der Waals surface area (Å²) in [5, 5.41) is 19.0. The summed E-state index contributed by atoms with van der Waals surface area (Å²) in [6, 6.07) is 0. The van der Waals surface area contributed by atoms with Gasteiger partial charge in [0.2, 0.25) is 0 Å². The molecular weight excluding hydrogens is 208 g/mol. The predicted molar refractivity (Wildman–Crippen MR) is 59.6 cm³/mol. The van der Waals surface area contributed by atoms with Crippen LogP contribution in [0.25, 0.3) is 0 Å². The maximum absolute atomic E-state index is 11.7. The Labute approximate surface area is 95.9 Å². The highest BCUT2D eigenvalue weighted by Crippen LogP contribution is 2.37. The Hall–Kier alpha value is -0.870. The van der Waals surface area contributed by atoms with E-state index in [0.29, 0.717) is 0 Å². The zero-order valence-electron chi connectivity index (χ0n) is 9.96. The van der Waals surface area contributed by atoms with Gasteiger partial charge in [-0.15, -0.1) is 0 Å². The van der Waals surface area contributed by atoms with Crippen LogP contribution in [0, 0.1) is 23.7 Å². The molecule has 1 aliphatic rings. The first-order chi connectivity index (χ1) is 7.52. The van der Waals surface area contributed by atoms with Crippen LogP contribution in [0.2, 0.25) is 0 Å². The second-order valence-electron chi connectivity index (χ2n) is 4.46. The molecule has 0 bridgehead atoms. The minimum absolute atomic E-state index is 0.0230. The fraction of sp³-hybridized carbons (Fsp3) is 0.750. The van der Waals surface area contributed by atoms with Gasteiger partial charge in [0.15, 0.2) is 0 Å². The van der Waals surface area contributed by atoms with Crippen molar-refractivity contribution in [3.63, 3.8) is 0 Å². The molecule has 0 aliphatic heterocycles. The Morgan fingerprint density at radius 2 is 2.12 bits per heavy atom. The smallest absolute Gasteiger partial charge is 0.309 e. The lowest BCUT2D eigenvalue weighted by Gasteiger charge is -2.37. The number of ether oxygens (including phenoxy) is 1. The molecule has 0 amide bonds. The van der Waals surface area contributed by atoms with Gasteiger partial charge in [0.1, 0.15) is 0 Å². The summed E-state index contributed by atoms with van der Waals surface area (Å²) in [7, 11) is 1.35. The Kier molecular flexibility index (Phi) is 4.50. The van der Waals surface area contributed by atoms with E-state index in [1.807, 2.05) is 19.1 Å². The molecule has 1 rings (SSSR count). The monoisotopic (exact) mass is 228 g/mol. The van der Waals surface area contributed by atoms with Crippen LogP contribution in [-0.4, -0.2) is 36.0 Å².